The highest BCUT2D eigenvalue weighted by molar-refractivity contribution is 6.30. The lowest BCUT2D eigenvalue weighted by Gasteiger charge is -2.14. The fourth-order valence-electron chi connectivity index (χ4n) is 1.31. The van der Waals surface area contributed by atoms with Crippen LogP contribution >= 0.6 is 11.6 Å². The number of aromatic nitrogens is 2. The third kappa shape index (κ3) is 2.79. The SMILES string of the molecule is CN(O)c1nc(N)ncc1Oc1ccc(Cl)cc1. The third-order valence-corrected chi connectivity index (χ3v) is 2.35. The van der Waals surface area contributed by atoms with Gasteiger partial charge >= 0.3 is 0 Å². The van der Waals surface area contributed by atoms with Gasteiger partial charge in [0.1, 0.15) is 5.75 Å². The van der Waals surface area contributed by atoms with E-state index in [1.165, 1.54) is 13.2 Å². The quantitative estimate of drug-likeness (QED) is 0.830. The molecule has 0 unspecified atom stereocenters. The number of anilines is 2. The Morgan fingerprint density at radius 1 is 1.33 bits per heavy atom. The van der Waals surface area contributed by atoms with Crippen molar-refractivity contribution in [2.24, 2.45) is 0 Å². The summed E-state index contributed by atoms with van der Waals surface area (Å²) in [6.45, 7) is 0. The molecule has 0 spiro atoms. The summed E-state index contributed by atoms with van der Waals surface area (Å²) in [5, 5.41) is 10.9. The second kappa shape index (κ2) is 5.07. The number of ether oxygens (including phenoxy) is 1. The molecule has 94 valence electrons. The van der Waals surface area contributed by atoms with Gasteiger partial charge in [0.15, 0.2) is 5.75 Å². The van der Waals surface area contributed by atoms with E-state index in [9.17, 15) is 5.21 Å². The van der Waals surface area contributed by atoms with Crippen LogP contribution in [0.3, 0.4) is 0 Å². The standard InChI is InChI=1S/C11H11ClN4O2/c1-16(17)10-9(6-14-11(13)15-10)18-8-4-2-7(12)3-5-8/h2-6,17H,1H3,(H2,13,14,15). The van der Waals surface area contributed by atoms with Crippen molar-refractivity contribution in [3.05, 3.63) is 35.5 Å². The molecule has 6 nitrogen and oxygen atoms in total. The fourth-order valence-corrected chi connectivity index (χ4v) is 1.43. The zero-order valence-corrected chi connectivity index (χ0v) is 10.3. The molecular weight excluding hydrogens is 256 g/mol. The van der Waals surface area contributed by atoms with Crippen LogP contribution in [0.5, 0.6) is 11.5 Å². The first-order valence-corrected chi connectivity index (χ1v) is 5.42. The van der Waals surface area contributed by atoms with Crippen LogP contribution < -0.4 is 15.5 Å². The lowest BCUT2D eigenvalue weighted by atomic mass is 10.3. The van der Waals surface area contributed by atoms with Crippen LogP contribution in [0.2, 0.25) is 5.02 Å². The van der Waals surface area contributed by atoms with Crippen LogP contribution in [0.25, 0.3) is 0 Å². The molecule has 1 heterocycles. The smallest absolute Gasteiger partial charge is 0.222 e. The van der Waals surface area contributed by atoms with Crippen molar-refractivity contribution in [3.8, 4) is 11.5 Å². The molecule has 0 fully saturated rings. The van der Waals surface area contributed by atoms with Gasteiger partial charge in [-0.1, -0.05) is 11.6 Å². The van der Waals surface area contributed by atoms with Gasteiger partial charge in [-0.2, -0.15) is 4.98 Å². The van der Waals surface area contributed by atoms with Crippen LogP contribution in [-0.2, 0) is 0 Å². The average molecular weight is 267 g/mol. The van der Waals surface area contributed by atoms with Gasteiger partial charge in [-0.05, 0) is 24.3 Å². The number of hydrogen-bond acceptors (Lipinski definition) is 6. The summed E-state index contributed by atoms with van der Waals surface area (Å²) >= 11 is 5.77. The Hall–Kier alpha value is -2.05. The molecule has 0 bridgehead atoms. The second-order valence-electron chi connectivity index (χ2n) is 3.50. The highest BCUT2D eigenvalue weighted by atomic mass is 35.5. The van der Waals surface area contributed by atoms with Gasteiger partial charge in [0.05, 0.1) is 6.20 Å². The molecule has 0 saturated carbocycles. The maximum atomic E-state index is 9.44. The Labute approximate surface area is 109 Å². The summed E-state index contributed by atoms with van der Waals surface area (Å²) in [6.07, 6.45) is 1.39. The predicted molar refractivity (Wildman–Crippen MR) is 68.2 cm³/mol. The summed E-state index contributed by atoms with van der Waals surface area (Å²) < 4.78 is 5.54. The number of hydrogen-bond donors (Lipinski definition) is 2. The summed E-state index contributed by atoms with van der Waals surface area (Å²) in [7, 11) is 1.41. The van der Waals surface area contributed by atoms with Crippen molar-refractivity contribution in [2.45, 2.75) is 0 Å². The Morgan fingerprint density at radius 2 is 2.00 bits per heavy atom. The Kier molecular flexibility index (Phi) is 3.50. The van der Waals surface area contributed by atoms with E-state index in [0.29, 0.717) is 10.8 Å². The van der Waals surface area contributed by atoms with E-state index < -0.39 is 0 Å². The Morgan fingerprint density at radius 3 is 2.61 bits per heavy atom. The summed E-state index contributed by atoms with van der Waals surface area (Å²) in [4.78, 5) is 7.69. The van der Waals surface area contributed by atoms with E-state index in [1.54, 1.807) is 24.3 Å². The van der Waals surface area contributed by atoms with Crippen LogP contribution in [-0.4, -0.2) is 22.2 Å². The number of benzene rings is 1. The summed E-state index contributed by atoms with van der Waals surface area (Å²) in [5.41, 5.74) is 5.45. The topological polar surface area (TPSA) is 84.5 Å². The molecule has 0 aliphatic heterocycles. The molecule has 0 atom stereocenters. The van der Waals surface area contributed by atoms with Crippen molar-refractivity contribution in [2.75, 3.05) is 17.8 Å². The number of hydroxylamine groups is 1. The molecular formula is C11H11ClN4O2. The van der Waals surface area contributed by atoms with E-state index in [4.69, 9.17) is 22.1 Å². The minimum atomic E-state index is 0.0503. The second-order valence-corrected chi connectivity index (χ2v) is 3.93. The van der Waals surface area contributed by atoms with E-state index in [-0.39, 0.29) is 17.5 Å². The van der Waals surface area contributed by atoms with E-state index in [2.05, 4.69) is 9.97 Å². The number of nitrogens with two attached hydrogens (primary N) is 1. The molecule has 7 heteroatoms. The molecule has 0 aliphatic rings. The molecule has 2 rings (SSSR count). The van der Waals surface area contributed by atoms with Crippen molar-refractivity contribution < 1.29 is 9.94 Å². The molecule has 2 aromatic rings. The molecule has 18 heavy (non-hydrogen) atoms. The molecule has 0 amide bonds. The van der Waals surface area contributed by atoms with Gasteiger partial charge in [0.25, 0.3) is 0 Å². The van der Waals surface area contributed by atoms with Crippen LogP contribution in [0, 0.1) is 0 Å². The zero-order valence-electron chi connectivity index (χ0n) is 9.54. The molecule has 0 saturated heterocycles. The zero-order chi connectivity index (χ0) is 13.1. The van der Waals surface area contributed by atoms with E-state index in [1.807, 2.05) is 0 Å². The molecule has 1 aromatic heterocycles. The van der Waals surface area contributed by atoms with Crippen molar-refractivity contribution in [1.82, 2.24) is 9.97 Å². The normalized spacial score (nSPS) is 10.2. The molecule has 0 aliphatic carbocycles. The minimum Gasteiger partial charge on any atom is -0.452 e. The average Bonchev–Trinajstić information content (AvgIpc) is 2.34. The number of rotatable bonds is 3. The minimum absolute atomic E-state index is 0.0503. The number of halogens is 1. The van der Waals surface area contributed by atoms with Gasteiger partial charge in [-0.3, -0.25) is 5.21 Å². The highest BCUT2D eigenvalue weighted by Gasteiger charge is 2.11. The van der Waals surface area contributed by atoms with Crippen LogP contribution in [0.4, 0.5) is 11.8 Å². The first-order chi connectivity index (χ1) is 8.56. The third-order valence-electron chi connectivity index (χ3n) is 2.10. The first kappa shape index (κ1) is 12.4. The Bertz CT molecular complexity index is 545. The largest absolute Gasteiger partial charge is 0.452 e. The van der Waals surface area contributed by atoms with Gasteiger partial charge in [-0.25, -0.2) is 10.0 Å². The number of nitrogen functional groups attached to an aromatic ring is 1. The highest BCUT2D eigenvalue weighted by Crippen LogP contribution is 2.29. The maximum Gasteiger partial charge on any atom is 0.222 e. The molecule has 3 N–H and O–H groups in total. The monoisotopic (exact) mass is 266 g/mol. The van der Waals surface area contributed by atoms with Crippen molar-refractivity contribution >= 4 is 23.4 Å². The van der Waals surface area contributed by atoms with Crippen molar-refractivity contribution in [1.29, 1.82) is 0 Å². The lowest BCUT2D eigenvalue weighted by molar-refractivity contribution is 0.272. The summed E-state index contributed by atoms with van der Waals surface area (Å²) in [6, 6.07) is 6.77. The van der Waals surface area contributed by atoms with Crippen LogP contribution in [0.1, 0.15) is 0 Å². The maximum absolute atomic E-state index is 9.44. The van der Waals surface area contributed by atoms with E-state index >= 15 is 0 Å². The van der Waals surface area contributed by atoms with E-state index in [0.717, 1.165) is 5.06 Å². The summed E-state index contributed by atoms with van der Waals surface area (Å²) in [5.74, 6) is 1.07. The number of nitrogens with zero attached hydrogens (tertiary/aromatic N) is 3. The van der Waals surface area contributed by atoms with Gasteiger partial charge in [-0.15, -0.1) is 0 Å². The predicted octanol–water partition coefficient (Wildman–Crippen LogP) is 2.33. The molecule has 0 radical (unpaired) electrons. The van der Waals surface area contributed by atoms with Gasteiger partial charge in [0, 0.05) is 12.1 Å². The van der Waals surface area contributed by atoms with Crippen molar-refractivity contribution in [3.63, 3.8) is 0 Å². The van der Waals surface area contributed by atoms with Gasteiger partial charge < -0.3 is 10.5 Å². The molecule has 1 aromatic carbocycles. The Balaban J connectivity index is 2.31. The fraction of sp³-hybridized carbons (Fsp3) is 0.0909. The first-order valence-electron chi connectivity index (χ1n) is 5.05. The lowest BCUT2D eigenvalue weighted by Crippen LogP contribution is -2.14. The van der Waals surface area contributed by atoms with Gasteiger partial charge in [0.2, 0.25) is 11.8 Å². The van der Waals surface area contributed by atoms with Crippen LogP contribution in [0.15, 0.2) is 30.5 Å².